The molecule has 1 aliphatic heterocycles. The van der Waals surface area contributed by atoms with Gasteiger partial charge in [-0.2, -0.15) is 0 Å². The van der Waals surface area contributed by atoms with E-state index >= 15 is 0 Å². The summed E-state index contributed by atoms with van der Waals surface area (Å²) in [7, 11) is 0. The summed E-state index contributed by atoms with van der Waals surface area (Å²) in [4.78, 5) is 14.6. The number of hydrogen-bond donors (Lipinski definition) is 1. The van der Waals surface area contributed by atoms with Gasteiger partial charge in [0.05, 0.1) is 6.10 Å². The maximum atomic E-state index is 12.3. The monoisotopic (exact) mass is 261 g/mol. The van der Waals surface area contributed by atoms with Crippen LogP contribution in [0.5, 0.6) is 0 Å². The zero-order valence-corrected chi connectivity index (χ0v) is 11.7. The molecular weight excluding hydrogens is 238 g/mol. The molecule has 3 atom stereocenters. The zero-order chi connectivity index (χ0) is 13.8. The number of piperidine rings is 1. The van der Waals surface area contributed by atoms with Gasteiger partial charge in [-0.15, -0.1) is 0 Å². The van der Waals surface area contributed by atoms with Crippen molar-refractivity contribution in [3.63, 3.8) is 0 Å². The minimum absolute atomic E-state index is 0.00448. The van der Waals surface area contributed by atoms with Crippen LogP contribution in [0, 0.1) is 11.8 Å². The number of rotatable bonds is 4. The molecule has 0 radical (unpaired) electrons. The van der Waals surface area contributed by atoms with Crippen LogP contribution in [0.1, 0.15) is 30.6 Å². The van der Waals surface area contributed by atoms with Gasteiger partial charge in [-0.1, -0.05) is 44.2 Å². The SMILES string of the molecule is CC(CN1CCC(O)C(C)C1)C(=O)c1ccccc1. The first-order valence-electron chi connectivity index (χ1n) is 7.07. The number of nitrogens with zero attached hydrogens (tertiary/aromatic N) is 1. The lowest BCUT2D eigenvalue weighted by atomic mass is 9.94. The van der Waals surface area contributed by atoms with Gasteiger partial charge in [0.25, 0.3) is 0 Å². The first-order chi connectivity index (χ1) is 9.08. The van der Waals surface area contributed by atoms with E-state index in [-0.39, 0.29) is 17.8 Å². The van der Waals surface area contributed by atoms with E-state index in [1.165, 1.54) is 0 Å². The molecular formula is C16H23NO2. The van der Waals surface area contributed by atoms with Gasteiger partial charge in [-0.05, 0) is 12.3 Å². The summed E-state index contributed by atoms with van der Waals surface area (Å²) in [5.41, 5.74) is 0.792. The summed E-state index contributed by atoms with van der Waals surface area (Å²) in [5, 5.41) is 9.72. The summed E-state index contributed by atoms with van der Waals surface area (Å²) in [6.07, 6.45) is 0.629. The van der Waals surface area contributed by atoms with E-state index in [1.54, 1.807) is 0 Å². The molecule has 2 rings (SSSR count). The highest BCUT2D eigenvalue weighted by molar-refractivity contribution is 5.97. The highest BCUT2D eigenvalue weighted by Crippen LogP contribution is 2.18. The number of Topliss-reactive ketones (excluding diaryl/α,β-unsaturated/α-hetero) is 1. The predicted octanol–water partition coefficient (Wildman–Crippen LogP) is 2.21. The second-order valence-electron chi connectivity index (χ2n) is 5.72. The Morgan fingerprint density at radius 1 is 1.42 bits per heavy atom. The van der Waals surface area contributed by atoms with Crippen molar-refractivity contribution in [3.8, 4) is 0 Å². The van der Waals surface area contributed by atoms with Crippen LogP contribution in [0.2, 0.25) is 0 Å². The van der Waals surface area contributed by atoms with Gasteiger partial charge in [0.2, 0.25) is 0 Å². The lowest BCUT2D eigenvalue weighted by molar-refractivity contribution is 0.0299. The van der Waals surface area contributed by atoms with Crippen molar-refractivity contribution in [1.29, 1.82) is 0 Å². The van der Waals surface area contributed by atoms with E-state index in [0.717, 1.165) is 31.6 Å². The van der Waals surface area contributed by atoms with Crippen LogP contribution in [-0.2, 0) is 0 Å². The number of likely N-dealkylation sites (tertiary alicyclic amines) is 1. The zero-order valence-electron chi connectivity index (χ0n) is 11.7. The molecule has 104 valence electrons. The van der Waals surface area contributed by atoms with Gasteiger partial charge in [-0.3, -0.25) is 4.79 Å². The average molecular weight is 261 g/mol. The molecule has 0 bridgehead atoms. The third-order valence-electron chi connectivity index (χ3n) is 3.98. The van der Waals surface area contributed by atoms with Crippen molar-refractivity contribution in [3.05, 3.63) is 35.9 Å². The average Bonchev–Trinajstić information content (AvgIpc) is 2.43. The second kappa shape index (κ2) is 6.31. The van der Waals surface area contributed by atoms with Gasteiger partial charge in [0.15, 0.2) is 5.78 Å². The molecule has 3 nitrogen and oxygen atoms in total. The normalized spacial score (nSPS) is 26.1. The third-order valence-corrected chi connectivity index (χ3v) is 3.98. The Bertz CT molecular complexity index is 418. The predicted molar refractivity (Wildman–Crippen MR) is 76.2 cm³/mol. The van der Waals surface area contributed by atoms with E-state index in [0.29, 0.717) is 5.92 Å². The van der Waals surface area contributed by atoms with E-state index in [2.05, 4.69) is 11.8 Å². The van der Waals surface area contributed by atoms with E-state index in [9.17, 15) is 9.90 Å². The van der Waals surface area contributed by atoms with Crippen LogP contribution in [0.15, 0.2) is 30.3 Å². The number of aliphatic hydroxyl groups is 1. The standard InChI is InChI=1S/C16H23NO2/c1-12-10-17(9-8-15(12)18)11-13(2)16(19)14-6-4-3-5-7-14/h3-7,12-13,15,18H,8-11H2,1-2H3. The summed E-state index contributed by atoms with van der Waals surface area (Å²) in [5.74, 6) is 0.511. The van der Waals surface area contributed by atoms with Gasteiger partial charge < -0.3 is 10.0 Å². The molecule has 1 aromatic rings. The minimum Gasteiger partial charge on any atom is -0.393 e. The number of ketones is 1. The third kappa shape index (κ3) is 3.64. The Morgan fingerprint density at radius 3 is 2.74 bits per heavy atom. The smallest absolute Gasteiger partial charge is 0.166 e. The van der Waals surface area contributed by atoms with Crippen molar-refractivity contribution in [2.24, 2.45) is 11.8 Å². The molecule has 1 N–H and O–H groups in total. The number of carbonyl (C=O) groups is 1. The lowest BCUT2D eigenvalue weighted by Crippen LogP contribution is -2.44. The molecule has 3 heteroatoms. The molecule has 1 aromatic carbocycles. The number of carbonyl (C=O) groups excluding carboxylic acids is 1. The van der Waals surface area contributed by atoms with Gasteiger partial charge in [0, 0.05) is 31.1 Å². The van der Waals surface area contributed by atoms with E-state index in [4.69, 9.17) is 0 Å². The summed E-state index contributed by atoms with van der Waals surface area (Å²) < 4.78 is 0. The van der Waals surface area contributed by atoms with Crippen molar-refractivity contribution in [1.82, 2.24) is 4.90 Å². The van der Waals surface area contributed by atoms with Crippen molar-refractivity contribution < 1.29 is 9.90 Å². The number of hydrogen-bond acceptors (Lipinski definition) is 3. The molecule has 0 amide bonds. The molecule has 1 aliphatic rings. The Balaban J connectivity index is 1.91. The topological polar surface area (TPSA) is 40.5 Å². The number of aliphatic hydroxyl groups excluding tert-OH is 1. The van der Waals surface area contributed by atoms with Gasteiger partial charge >= 0.3 is 0 Å². The largest absolute Gasteiger partial charge is 0.393 e. The minimum atomic E-state index is -0.184. The second-order valence-corrected chi connectivity index (χ2v) is 5.72. The maximum Gasteiger partial charge on any atom is 0.166 e. The summed E-state index contributed by atoms with van der Waals surface area (Å²) in [6, 6.07) is 9.48. The fraction of sp³-hybridized carbons (Fsp3) is 0.562. The van der Waals surface area contributed by atoms with E-state index < -0.39 is 0 Å². The molecule has 0 saturated carbocycles. The molecule has 1 heterocycles. The first kappa shape index (κ1) is 14.2. The van der Waals surface area contributed by atoms with Crippen molar-refractivity contribution in [2.45, 2.75) is 26.4 Å². The molecule has 1 fully saturated rings. The van der Waals surface area contributed by atoms with Crippen molar-refractivity contribution >= 4 is 5.78 Å². The summed E-state index contributed by atoms with van der Waals surface area (Å²) >= 11 is 0. The molecule has 3 unspecified atom stereocenters. The van der Waals surface area contributed by atoms with Crippen molar-refractivity contribution in [2.75, 3.05) is 19.6 Å². The Labute approximate surface area is 115 Å². The number of benzene rings is 1. The van der Waals surface area contributed by atoms with Crippen LogP contribution in [0.3, 0.4) is 0 Å². The quantitative estimate of drug-likeness (QED) is 0.845. The van der Waals surface area contributed by atoms with Gasteiger partial charge in [-0.25, -0.2) is 0 Å². The van der Waals surface area contributed by atoms with Crippen LogP contribution in [0.4, 0.5) is 0 Å². The molecule has 0 spiro atoms. The molecule has 19 heavy (non-hydrogen) atoms. The molecule has 1 saturated heterocycles. The van der Waals surface area contributed by atoms with Crippen LogP contribution in [-0.4, -0.2) is 41.5 Å². The maximum absolute atomic E-state index is 12.3. The highest BCUT2D eigenvalue weighted by Gasteiger charge is 2.26. The van der Waals surface area contributed by atoms with Crippen LogP contribution >= 0.6 is 0 Å². The molecule has 0 aliphatic carbocycles. The van der Waals surface area contributed by atoms with Crippen LogP contribution < -0.4 is 0 Å². The highest BCUT2D eigenvalue weighted by atomic mass is 16.3. The fourth-order valence-electron chi connectivity index (χ4n) is 2.74. The first-order valence-corrected chi connectivity index (χ1v) is 7.07. The Kier molecular flexibility index (Phi) is 4.72. The molecule has 0 aromatic heterocycles. The Morgan fingerprint density at radius 2 is 2.11 bits per heavy atom. The van der Waals surface area contributed by atoms with Crippen LogP contribution in [0.25, 0.3) is 0 Å². The summed E-state index contributed by atoms with van der Waals surface area (Å²) in [6.45, 7) is 6.61. The lowest BCUT2D eigenvalue weighted by Gasteiger charge is -2.35. The Hall–Kier alpha value is -1.19. The van der Waals surface area contributed by atoms with Gasteiger partial charge in [0.1, 0.15) is 0 Å². The van der Waals surface area contributed by atoms with E-state index in [1.807, 2.05) is 37.3 Å². The fourth-order valence-corrected chi connectivity index (χ4v) is 2.74.